The molecule has 0 aliphatic carbocycles. The average molecular weight is 403 g/mol. The fraction of sp³-hybridized carbons (Fsp3) is 0.533. The molecule has 21 heavy (non-hydrogen) atoms. The van der Waals surface area contributed by atoms with Gasteiger partial charge in [0.05, 0.1) is 0 Å². The van der Waals surface area contributed by atoms with E-state index in [1.807, 2.05) is 0 Å². The molecule has 1 fully saturated rings. The van der Waals surface area contributed by atoms with E-state index in [0.717, 1.165) is 32.7 Å². The van der Waals surface area contributed by atoms with Crippen molar-refractivity contribution in [3.8, 4) is 0 Å². The Bertz CT molecular complexity index is 429. The number of benzene rings is 1. The first-order chi connectivity index (χ1) is 9.70. The van der Waals surface area contributed by atoms with Crippen LogP contribution in [-0.2, 0) is 0 Å². The molecule has 118 valence electrons. The van der Waals surface area contributed by atoms with Gasteiger partial charge in [-0.2, -0.15) is 0 Å². The van der Waals surface area contributed by atoms with E-state index in [2.05, 4.69) is 57.4 Å². The highest BCUT2D eigenvalue weighted by Gasteiger charge is 2.20. The van der Waals surface area contributed by atoms with Crippen molar-refractivity contribution < 1.29 is 0 Å². The van der Waals surface area contributed by atoms with Crippen LogP contribution in [0.2, 0.25) is 0 Å². The third kappa shape index (κ3) is 5.35. The highest BCUT2D eigenvalue weighted by atomic mass is 127. The van der Waals surface area contributed by atoms with E-state index in [1.165, 1.54) is 5.69 Å². The van der Waals surface area contributed by atoms with Crippen LogP contribution in [0.3, 0.4) is 0 Å². The van der Waals surface area contributed by atoms with Crippen molar-refractivity contribution in [2.75, 3.05) is 44.7 Å². The molecule has 1 aliphatic rings. The molecule has 0 amide bonds. The van der Waals surface area contributed by atoms with Gasteiger partial charge in [0, 0.05) is 51.5 Å². The minimum Gasteiger partial charge on any atom is -0.370 e. The minimum absolute atomic E-state index is 0. The number of nitrogens with two attached hydrogens (primary N) is 1. The van der Waals surface area contributed by atoms with Crippen LogP contribution in [0.5, 0.6) is 0 Å². The quantitative estimate of drug-likeness (QED) is 0.453. The molecule has 0 aromatic heterocycles. The smallest absolute Gasteiger partial charge is 0.188 e. The summed E-state index contributed by atoms with van der Waals surface area (Å²) >= 11 is 0. The standard InChI is InChI=1S/C15H25N5.HI/c1-13(12-18-15(16)17-2)19-8-10-20(11-9-19)14-6-4-3-5-7-14;/h3-7,13H,8-12H2,1-2H3,(H3,16,17,18);1H. The van der Waals surface area contributed by atoms with Gasteiger partial charge in [0.25, 0.3) is 0 Å². The Hall–Kier alpha value is -1.02. The van der Waals surface area contributed by atoms with E-state index in [1.54, 1.807) is 7.05 Å². The van der Waals surface area contributed by atoms with Crippen molar-refractivity contribution in [3.05, 3.63) is 30.3 Å². The summed E-state index contributed by atoms with van der Waals surface area (Å²) in [5.74, 6) is 0.514. The van der Waals surface area contributed by atoms with E-state index in [9.17, 15) is 0 Å². The van der Waals surface area contributed by atoms with Crippen LogP contribution in [0.4, 0.5) is 5.69 Å². The molecule has 1 aromatic rings. The lowest BCUT2D eigenvalue weighted by molar-refractivity contribution is 0.197. The number of aliphatic imine (C=N–C) groups is 1. The SMILES string of the molecule is CN=C(N)NCC(C)N1CCN(c2ccccc2)CC1.I. The molecule has 1 aliphatic heterocycles. The van der Waals surface area contributed by atoms with Crippen LogP contribution in [0.25, 0.3) is 0 Å². The molecule has 1 saturated heterocycles. The molecule has 0 spiro atoms. The first-order valence-corrected chi connectivity index (χ1v) is 7.21. The van der Waals surface area contributed by atoms with Gasteiger partial charge in [0.2, 0.25) is 0 Å². The second-order valence-corrected chi connectivity index (χ2v) is 5.20. The number of anilines is 1. The normalized spacial score (nSPS) is 18.0. The number of piperazine rings is 1. The summed E-state index contributed by atoms with van der Waals surface area (Å²) in [7, 11) is 1.70. The van der Waals surface area contributed by atoms with Crippen molar-refractivity contribution in [3.63, 3.8) is 0 Å². The van der Waals surface area contributed by atoms with Gasteiger partial charge in [0.15, 0.2) is 5.96 Å². The van der Waals surface area contributed by atoms with Crippen molar-refractivity contribution in [1.29, 1.82) is 0 Å². The van der Waals surface area contributed by atoms with Crippen LogP contribution in [0, 0.1) is 0 Å². The van der Waals surface area contributed by atoms with Crippen LogP contribution >= 0.6 is 24.0 Å². The Morgan fingerprint density at radius 3 is 2.43 bits per heavy atom. The summed E-state index contributed by atoms with van der Waals surface area (Å²) in [4.78, 5) is 8.85. The first kappa shape index (κ1) is 18.0. The number of hydrogen-bond donors (Lipinski definition) is 2. The van der Waals surface area contributed by atoms with Crippen LogP contribution in [0.1, 0.15) is 6.92 Å². The first-order valence-electron chi connectivity index (χ1n) is 7.21. The Labute approximate surface area is 144 Å². The van der Waals surface area contributed by atoms with Crippen molar-refractivity contribution in [1.82, 2.24) is 10.2 Å². The maximum Gasteiger partial charge on any atom is 0.188 e. The monoisotopic (exact) mass is 403 g/mol. The zero-order chi connectivity index (χ0) is 14.4. The summed E-state index contributed by atoms with van der Waals surface area (Å²) in [5, 5.41) is 3.14. The number of rotatable bonds is 4. The summed E-state index contributed by atoms with van der Waals surface area (Å²) in [5.41, 5.74) is 6.98. The summed E-state index contributed by atoms with van der Waals surface area (Å²) in [6.45, 7) is 7.39. The fourth-order valence-corrected chi connectivity index (χ4v) is 2.52. The molecule has 5 nitrogen and oxygen atoms in total. The summed E-state index contributed by atoms with van der Waals surface area (Å²) in [6, 6.07) is 11.1. The van der Waals surface area contributed by atoms with E-state index in [-0.39, 0.29) is 24.0 Å². The number of nitrogens with zero attached hydrogens (tertiary/aromatic N) is 3. The Kier molecular flexibility index (Phi) is 7.81. The predicted molar refractivity (Wildman–Crippen MR) is 101 cm³/mol. The van der Waals surface area contributed by atoms with E-state index in [0.29, 0.717) is 12.0 Å². The molecular weight excluding hydrogens is 377 g/mol. The average Bonchev–Trinajstić information content (AvgIpc) is 2.53. The van der Waals surface area contributed by atoms with Gasteiger partial charge in [-0.25, -0.2) is 0 Å². The van der Waals surface area contributed by atoms with E-state index >= 15 is 0 Å². The third-order valence-corrected chi connectivity index (χ3v) is 3.88. The molecule has 1 atom stereocenters. The second-order valence-electron chi connectivity index (χ2n) is 5.20. The van der Waals surface area contributed by atoms with Crippen LogP contribution in [0.15, 0.2) is 35.3 Å². The topological polar surface area (TPSA) is 56.9 Å². The van der Waals surface area contributed by atoms with Crippen molar-refractivity contribution >= 4 is 35.6 Å². The molecule has 6 heteroatoms. The Morgan fingerprint density at radius 2 is 1.86 bits per heavy atom. The third-order valence-electron chi connectivity index (χ3n) is 3.88. The number of halogens is 1. The maximum absolute atomic E-state index is 5.66. The van der Waals surface area contributed by atoms with Gasteiger partial charge in [-0.15, -0.1) is 24.0 Å². The summed E-state index contributed by atoms with van der Waals surface area (Å²) < 4.78 is 0. The lowest BCUT2D eigenvalue weighted by Gasteiger charge is -2.39. The lowest BCUT2D eigenvalue weighted by atomic mass is 10.2. The molecule has 3 N–H and O–H groups in total. The van der Waals surface area contributed by atoms with E-state index in [4.69, 9.17) is 5.73 Å². The largest absolute Gasteiger partial charge is 0.370 e. The molecule has 1 aromatic carbocycles. The second kappa shape index (κ2) is 9.09. The lowest BCUT2D eigenvalue weighted by Crippen LogP contribution is -2.52. The molecule has 1 heterocycles. The zero-order valence-corrected chi connectivity index (χ0v) is 15.2. The van der Waals surface area contributed by atoms with Gasteiger partial charge in [0.1, 0.15) is 0 Å². The summed E-state index contributed by atoms with van der Waals surface area (Å²) in [6.07, 6.45) is 0. The predicted octanol–water partition coefficient (Wildman–Crippen LogP) is 1.35. The number of nitrogens with one attached hydrogen (secondary N) is 1. The number of hydrogen-bond acceptors (Lipinski definition) is 3. The number of para-hydroxylation sites is 1. The van der Waals surface area contributed by atoms with Gasteiger partial charge < -0.3 is 16.0 Å². The number of guanidine groups is 1. The molecule has 0 bridgehead atoms. The van der Waals surface area contributed by atoms with Crippen molar-refractivity contribution in [2.45, 2.75) is 13.0 Å². The zero-order valence-electron chi connectivity index (χ0n) is 12.8. The molecule has 0 saturated carbocycles. The molecule has 1 unspecified atom stereocenters. The Balaban J connectivity index is 0.00000220. The van der Waals surface area contributed by atoms with Gasteiger partial charge in [-0.05, 0) is 19.1 Å². The van der Waals surface area contributed by atoms with Crippen LogP contribution in [-0.4, -0.2) is 56.7 Å². The van der Waals surface area contributed by atoms with Crippen molar-refractivity contribution in [2.24, 2.45) is 10.7 Å². The molecular formula is C15H26IN5. The van der Waals surface area contributed by atoms with Crippen LogP contribution < -0.4 is 16.0 Å². The molecule has 2 rings (SSSR count). The van der Waals surface area contributed by atoms with Gasteiger partial charge in [-0.3, -0.25) is 9.89 Å². The fourth-order valence-electron chi connectivity index (χ4n) is 2.52. The maximum atomic E-state index is 5.66. The minimum atomic E-state index is 0. The van der Waals surface area contributed by atoms with Gasteiger partial charge in [-0.1, -0.05) is 18.2 Å². The van der Waals surface area contributed by atoms with Gasteiger partial charge >= 0.3 is 0 Å². The highest BCUT2D eigenvalue weighted by Crippen LogP contribution is 2.16. The molecule has 0 radical (unpaired) electrons. The van der Waals surface area contributed by atoms with E-state index < -0.39 is 0 Å². The Morgan fingerprint density at radius 1 is 1.24 bits per heavy atom. The highest BCUT2D eigenvalue weighted by molar-refractivity contribution is 14.0.